The third-order valence-corrected chi connectivity index (χ3v) is 9.00. The lowest BCUT2D eigenvalue weighted by Gasteiger charge is -2.32. The van der Waals surface area contributed by atoms with Gasteiger partial charge in [-0.25, -0.2) is 8.42 Å². The molecule has 0 atom stereocenters. The summed E-state index contributed by atoms with van der Waals surface area (Å²) in [6.45, 7) is 6.64. The average Bonchev–Trinajstić information content (AvgIpc) is 3.37. The number of piperazine rings is 1. The summed E-state index contributed by atoms with van der Waals surface area (Å²) in [6, 6.07) is 13.1. The second-order valence-corrected chi connectivity index (χ2v) is 12.0. The lowest BCUT2D eigenvalue weighted by molar-refractivity contribution is -0.110. The van der Waals surface area contributed by atoms with Crippen LogP contribution in [-0.2, 0) is 20.4 Å². The van der Waals surface area contributed by atoms with Gasteiger partial charge in [0.2, 0.25) is 0 Å². The van der Waals surface area contributed by atoms with Crippen molar-refractivity contribution in [3.05, 3.63) is 81.7 Å². The first-order valence-corrected chi connectivity index (χ1v) is 14.3. The number of likely N-dealkylation sites (N-methyl/N-ethyl adjacent to an activating group) is 1. The molecule has 1 fully saturated rings. The normalized spacial score (nSPS) is 16.7. The highest BCUT2D eigenvalue weighted by Crippen LogP contribution is 2.36. The van der Waals surface area contributed by atoms with E-state index in [0.717, 1.165) is 24.3 Å². The van der Waals surface area contributed by atoms with Crippen LogP contribution in [0.2, 0.25) is 0 Å². The predicted molar refractivity (Wildman–Crippen MR) is 149 cm³/mol. The Balaban J connectivity index is 1.47. The Kier molecular flexibility index (Phi) is 6.89. The number of carbonyl (C=O) groups is 2. The smallest absolute Gasteiger partial charge is 0.256 e. The standard InChI is InChI=1S/C29H29N5O4S/c1-18-26(31-19(2)27(18)29(36)34-11-9-33(3)10-12-34)15-24-23-14-22(7-8-25(23)32-28(24)35)39(37,38)17-21-6-4-5-20(13-21)16-30/h4-8,13-15,31H,9-12,17H2,1-3H3,(H,32,35). The Morgan fingerprint density at radius 3 is 2.56 bits per heavy atom. The molecule has 2 amide bonds. The molecule has 10 heteroatoms. The van der Waals surface area contributed by atoms with Gasteiger partial charge in [-0.3, -0.25) is 9.59 Å². The number of amides is 2. The highest BCUT2D eigenvalue weighted by Gasteiger charge is 2.29. The van der Waals surface area contributed by atoms with E-state index in [9.17, 15) is 18.0 Å². The van der Waals surface area contributed by atoms with Gasteiger partial charge in [-0.15, -0.1) is 0 Å². The molecule has 2 aliphatic rings. The number of aryl methyl sites for hydroxylation is 1. The minimum Gasteiger partial charge on any atom is -0.358 e. The summed E-state index contributed by atoms with van der Waals surface area (Å²) in [5, 5.41) is 11.9. The summed E-state index contributed by atoms with van der Waals surface area (Å²) in [7, 11) is -1.72. The SMILES string of the molecule is Cc1[nH]c(C=C2C(=O)Nc3ccc(S(=O)(=O)Cc4cccc(C#N)c4)cc32)c(C)c1C(=O)N1CCN(C)CC1. The van der Waals surface area contributed by atoms with E-state index in [-0.39, 0.29) is 22.5 Å². The monoisotopic (exact) mass is 543 g/mol. The maximum atomic E-state index is 13.3. The number of anilines is 1. The van der Waals surface area contributed by atoms with Gasteiger partial charge in [0.05, 0.1) is 33.4 Å². The van der Waals surface area contributed by atoms with Crippen molar-refractivity contribution in [1.82, 2.24) is 14.8 Å². The molecule has 2 aromatic carbocycles. The average molecular weight is 544 g/mol. The summed E-state index contributed by atoms with van der Waals surface area (Å²) < 4.78 is 26.5. The van der Waals surface area contributed by atoms with Gasteiger partial charge in [0.1, 0.15) is 0 Å². The number of hydrogen-bond donors (Lipinski definition) is 2. The third-order valence-electron chi connectivity index (χ3n) is 7.32. The molecule has 2 aliphatic heterocycles. The van der Waals surface area contributed by atoms with Crippen LogP contribution in [0.4, 0.5) is 5.69 Å². The lowest BCUT2D eigenvalue weighted by Crippen LogP contribution is -2.47. The fourth-order valence-corrected chi connectivity index (χ4v) is 6.45. The van der Waals surface area contributed by atoms with Crippen molar-refractivity contribution in [2.45, 2.75) is 24.5 Å². The molecular weight excluding hydrogens is 514 g/mol. The van der Waals surface area contributed by atoms with Gasteiger partial charge >= 0.3 is 0 Å². The number of nitriles is 1. The first kappa shape index (κ1) is 26.4. The van der Waals surface area contributed by atoms with Crippen LogP contribution in [0.5, 0.6) is 0 Å². The number of sulfone groups is 1. The highest BCUT2D eigenvalue weighted by molar-refractivity contribution is 7.90. The van der Waals surface area contributed by atoms with Gasteiger partial charge in [-0.05, 0) is 68.4 Å². The number of hydrogen-bond acceptors (Lipinski definition) is 6. The van der Waals surface area contributed by atoms with Gasteiger partial charge < -0.3 is 20.1 Å². The molecule has 3 heterocycles. The zero-order valence-electron chi connectivity index (χ0n) is 22.0. The van der Waals surface area contributed by atoms with E-state index in [4.69, 9.17) is 5.26 Å². The number of H-pyrrole nitrogens is 1. The van der Waals surface area contributed by atoms with E-state index in [0.29, 0.717) is 52.3 Å². The molecule has 200 valence electrons. The maximum absolute atomic E-state index is 13.3. The second-order valence-electron chi connectivity index (χ2n) is 10.0. The molecule has 1 saturated heterocycles. The first-order chi connectivity index (χ1) is 18.6. The molecule has 0 aliphatic carbocycles. The van der Waals surface area contributed by atoms with E-state index >= 15 is 0 Å². The fraction of sp³-hybridized carbons (Fsp3) is 0.276. The van der Waals surface area contributed by atoms with Crippen molar-refractivity contribution in [2.75, 3.05) is 38.5 Å². The maximum Gasteiger partial charge on any atom is 0.256 e. The van der Waals surface area contributed by atoms with Crippen molar-refractivity contribution < 1.29 is 18.0 Å². The third kappa shape index (κ3) is 5.11. The number of aromatic amines is 1. The van der Waals surface area contributed by atoms with Gasteiger partial charge in [0.25, 0.3) is 11.8 Å². The molecule has 1 aromatic heterocycles. The Morgan fingerprint density at radius 2 is 1.85 bits per heavy atom. The van der Waals surface area contributed by atoms with Crippen LogP contribution >= 0.6 is 0 Å². The van der Waals surface area contributed by atoms with Crippen LogP contribution in [0.3, 0.4) is 0 Å². The van der Waals surface area contributed by atoms with Crippen molar-refractivity contribution in [1.29, 1.82) is 5.26 Å². The zero-order valence-corrected chi connectivity index (χ0v) is 22.9. The van der Waals surface area contributed by atoms with Crippen LogP contribution in [0.25, 0.3) is 11.6 Å². The Morgan fingerprint density at radius 1 is 1.10 bits per heavy atom. The largest absolute Gasteiger partial charge is 0.358 e. The van der Waals surface area contributed by atoms with Gasteiger partial charge in [-0.1, -0.05) is 12.1 Å². The van der Waals surface area contributed by atoms with E-state index in [1.165, 1.54) is 12.1 Å². The molecule has 39 heavy (non-hydrogen) atoms. The number of nitrogens with zero attached hydrogens (tertiary/aromatic N) is 3. The number of benzene rings is 2. The van der Waals surface area contributed by atoms with Gasteiger partial charge in [0.15, 0.2) is 9.84 Å². The van der Waals surface area contributed by atoms with Crippen molar-refractivity contribution in [3.63, 3.8) is 0 Å². The van der Waals surface area contributed by atoms with Crippen molar-refractivity contribution in [3.8, 4) is 6.07 Å². The molecule has 3 aromatic rings. The summed E-state index contributed by atoms with van der Waals surface area (Å²) >= 11 is 0. The van der Waals surface area contributed by atoms with Crippen molar-refractivity contribution >= 4 is 39.0 Å². The molecule has 2 N–H and O–H groups in total. The van der Waals surface area contributed by atoms with Crippen LogP contribution < -0.4 is 5.32 Å². The van der Waals surface area contributed by atoms with Gasteiger partial charge in [0, 0.05) is 48.8 Å². The van der Waals surface area contributed by atoms with E-state index in [2.05, 4.69) is 15.2 Å². The quantitative estimate of drug-likeness (QED) is 0.475. The number of nitrogens with one attached hydrogen (secondary N) is 2. The molecule has 0 bridgehead atoms. The molecule has 0 saturated carbocycles. The van der Waals surface area contributed by atoms with Crippen LogP contribution in [0.15, 0.2) is 47.4 Å². The minimum atomic E-state index is -3.75. The Hall–Kier alpha value is -4.20. The molecule has 0 spiro atoms. The zero-order chi connectivity index (χ0) is 27.9. The minimum absolute atomic E-state index is 0.0379. The first-order valence-electron chi connectivity index (χ1n) is 12.6. The molecule has 9 nitrogen and oxygen atoms in total. The Bertz CT molecular complexity index is 1670. The van der Waals surface area contributed by atoms with Gasteiger partial charge in [-0.2, -0.15) is 5.26 Å². The highest BCUT2D eigenvalue weighted by atomic mass is 32.2. The van der Waals surface area contributed by atoms with Crippen molar-refractivity contribution in [2.24, 2.45) is 0 Å². The topological polar surface area (TPSA) is 126 Å². The molecule has 0 unspecified atom stereocenters. The summed E-state index contributed by atoms with van der Waals surface area (Å²) in [4.78, 5) is 33.6. The second kappa shape index (κ2) is 10.2. The van der Waals surface area contributed by atoms with E-state index in [1.807, 2.05) is 31.9 Å². The lowest BCUT2D eigenvalue weighted by atomic mass is 10.0. The summed E-state index contributed by atoms with van der Waals surface area (Å²) in [5.74, 6) is -0.655. The Labute approximate surface area is 227 Å². The summed E-state index contributed by atoms with van der Waals surface area (Å²) in [6.07, 6.45) is 1.68. The number of rotatable bonds is 5. The number of carbonyl (C=O) groups excluding carboxylic acids is 2. The van der Waals surface area contributed by atoms with Crippen LogP contribution in [0, 0.1) is 25.2 Å². The molecular formula is C29H29N5O4S. The fourth-order valence-electron chi connectivity index (χ4n) is 5.09. The van der Waals surface area contributed by atoms with E-state index < -0.39 is 9.84 Å². The number of fused-ring (bicyclic) bond motifs is 1. The molecule has 5 rings (SSSR count). The van der Waals surface area contributed by atoms with E-state index in [1.54, 1.807) is 36.4 Å². The van der Waals surface area contributed by atoms with Crippen LogP contribution in [-0.4, -0.2) is 68.2 Å². The van der Waals surface area contributed by atoms with Crippen LogP contribution in [0.1, 0.15) is 44.0 Å². The molecule has 0 radical (unpaired) electrons. The number of aromatic nitrogens is 1. The predicted octanol–water partition coefficient (Wildman–Crippen LogP) is 3.36. The summed E-state index contributed by atoms with van der Waals surface area (Å²) in [5.41, 5.74) is 4.90.